The van der Waals surface area contributed by atoms with Crippen LogP contribution in [0, 0.1) is 0 Å². The van der Waals surface area contributed by atoms with E-state index in [-0.39, 0.29) is 0 Å². The Balaban J connectivity index is 1.29. The summed E-state index contributed by atoms with van der Waals surface area (Å²) >= 11 is 0. The van der Waals surface area contributed by atoms with E-state index >= 15 is 0 Å². The highest BCUT2D eigenvalue weighted by molar-refractivity contribution is 7.20. The van der Waals surface area contributed by atoms with E-state index in [4.69, 9.17) is 4.42 Å². The molecule has 0 amide bonds. The molecule has 0 aliphatic rings. The van der Waals surface area contributed by atoms with Gasteiger partial charge in [-0.2, -0.15) is 0 Å². The monoisotopic (exact) mass is 819 g/mol. The van der Waals surface area contributed by atoms with E-state index in [0.29, 0.717) is 0 Å². The summed E-state index contributed by atoms with van der Waals surface area (Å²) in [5, 5.41) is 9.97. The zero-order valence-electron chi connectivity index (χ0n) is 34.5. The first-order chi connectivity index (χ1) is 31.3. The van der Waals surface area contributed by atoms with Gasteiger partial charge in [-0.3, -0.25) is 0 Å². The lowest BCUT2D eigenvalue weighted by Crippen LogP contribution is -2.74. The Labute approximate surface area is 367 Å². The van der Waals surface area contributed by atoms with E-state index in [1.807, 2.05) is 0 Å². The summed E-state index contributed by atoms with van der Waals surface area (Å²) in [4.78, 5) is 0. The summed E-state index contributed by atoms with van der Waals surface area (Å²) in [6.07, 6.45) is 0. The Hall–Kier alpha value is -7.98. The lowest BCUT2D eigenvalue weighted by Gasteiger charge is -2.36. The topological polar surface area (TPSA) is 18.1 Å². The smallest absolute Gasteiger partial charge is 0.179 e. The van der Waals surface area contributed by atoms with Crippen molar-refractivity contribution in [1.82, 2.24) is 4.57 Å². The van der Waals surface area contributed by atoms with Crippen LogP contribution in [0.3, 0.4) is 0 Å². The molecule has 0 fully saturated rings. The van der Waals surface area contributed by atoms with Gasteiger partial charge in [-0.1, -0.05) is 224 Å². The highest BCUT2D eigenvalue weighted by Crippen LogP contribution is 2.46. The van der Waals surface area contributed by atoms with Crippen molar-refractivity contribution in [2.75, 3.05) is 0 Å². The second-order valence-electron chi connectivity index (χ2n) is 16.4. The first-order valence-corrected chi connectivity index (χ1v) is 23.7. The maximum atomic E-state index is 6.70. The molecular weight excluding hydrogens is 779 g/mol. The van der Waals surface area contributed by atoms with E-state index < -0.39 is 8.07 Å². The largest absolute Gasteiger partial charge is 0.456 e. The van der Waals surface area contributed by atoms with Crippen LogP contribution in [0.4, 0.5) is 0 Å². The quantitative estimate of drug-likeness (QED) is 0.110. The third-order valence-electron chi connectivity index (χ3n) is 12.9. The first-order valence-electron chi connectivity index (χ1n) is 21.7. The van der Waals surface area contributed by atoms with Crippen LogP contribution in [0.15, 0.2) is 253 Å². The van der Waals surface area contributed by atoms with Gasteiger partial charge in [-0.05, 0) is 61.2 Å². The van der Waals surface area contributed by atoms with Crippen molar-refractivity contribution in [3.63, 3.8) is 0 Å². The zero-order valence-corrected chi connectivity index (χ0v) is 35.5. The third-order valence-corrected chi connectivity index (χ3v) is 17.7. The number of furan rings is 1. The molecule has 2 heterocycles. The summed E-state index contributed by atoms with van der Waals surface area (Å²) < 4.78 is 9.23. The normalized spacial score (nSPS) is 11.8. The van der Waals surface area contributed by atoms with Gasteiger partial charge in [-0.15, -0.1) is 0 Å². The molecule has 3 heteroatoms. The molecule has 0 aliphatic heterocycles. The molecule has 0 atom stereocenters. The van der Waals surface area contributed by atoms with Gasteiger partial charge in [0.05, 0.1) is 16.7 Å². The Morgan fingerprint density at radius 2 is 0.762 bits per heavy atom. The number of fused-ring (bicyclic) bond motifs is 6. The standard InChI is InChI=1S/C60H41NOSi/c1-7-22-42(23-8-1)49-35-21-36-55-59(49)54-40-53-50-34-19-20-37-57(50)62-58(53)41-56(54)61(55)60-51(43-24-9-2-10-25-43)38-48(39-52(60)44-26-11-3-12-27-44)63(45-28-13-4-14-29-45,46-30-15-5-16-31-46)47-32-17-6-18-33-47/h1-41H. The molecule has 2 aromatic heterocycles. The summed E-state index contributed by atoms with van der Waals surface area (Å²) in [7, 11) is -2.98. The highest BCUT2D eigenvalue weighted by Gasteiger charge is 2.42. The summed E-state index contributed by atoms with van der Waals surface area (Å²) in [6.45, 7) is 0. The minimum absolute atomic E-state index is 0.872. The lowest BCUT2D eigenvalue weighted by atomic mass is 9.95. The van der Waals surface area contributed by atoms with Crippen LogP contribution in [-0.4, -0.2) is 12.6 Å². The lowest BCUT2D eigenvalue weighted by molar-refractivity contribution is 0.669. The molecule has 63 heavy (non-hydrogen) atoms. The maximum absolute atomic E-state index is 6.70. The fraction of sp³-hybridized carbons (Fsp3) is 0. The Kier molecular flexibility index (Phi) is 8.87. The second-order valence-corrected chi connectivity index (χ2v) is 20.2. The van der Waals surface area contributed by atoms with Crippen molar-refractivity contribution in [2.45, 2.75) is 0 Å². The average molecular weight is 820 g/mol. The predicted molar refractivity (Wildman–Crippen MR) is 268 cm³/mol. The van der Waals surface area contributed by atoms with Crippen LogP contribution < -0.4 is 20.7 Å². The number of hydrogen-bond acceptors (Lipinski definition) is 1. The summed E-state index contributed by atoms with van der Waals surface area (Å²) in [6, 6.07) is 91.5. The molecule has 12 aromatic rings. The summed E-state index contributed by atoms with van der Waals surface area (Å²) in [5.74, 6) is 0. The Morgan fingerprint density at radius 3 is 1.29 bits per heavy atom. The van der Waals surface area contributed by atoms with Gasteiger partial charge in [0.15, 0.2) is 8.07 Å². The number of rotatable bonds is 8. The summed E-state index contributed by atoms with van der Waals surface area (Å²) in [5.41, 5.74) is 12.2. The molecule has 0 bridgehead atoms. The predicted octanol–water partition coefficient (Wildman–Crippen LogP) is 13.1. The van der Waals surface area contributed by atoms with Crippen molar-refractivity contribution < 1.29 is 4.42 Å². The number of para-hydroxylation sites is 1. The minimum atomic E-state index is -2.98. The van der Waals surface area contributed by atoms with Crippen molar-refractivity contribution in [2.24, 2.45) is 0 Å². The molecule has 0 aliphatic carbocycles. The van der Waals surface area contributed by atoms with Gasteiger partial charge in [0, 0.05) is 38.7 Å². The Bertz CT molecular complexity index is 3420. The fourth-order valence-corrected chi connectivity index (χ4v) is 15.0. The molecule has 12 rings (SSSR count). The van der Waals surface area contributed by atoms with Crippen LogP contribution in [0.1, 0.15) is 0 Å². The van der Waals surface area contributed by atoms with E-state index in [1.54, 1.807) is 0 Å². The molecule has 0 N–H and O–H groups in total. The SMILES string of the molecule is c1ccc(-c2cc([Si](c3ccccc3)(c3ccccc3)c3ccccc3)cc(-c3ccccc3)c2-n2c3cc4oc5ccccc5c4cc3c3c(-c4ccccc4)cccc32)cc1. The van der Waals surface area contributed by atoms with Gasteiger partial charge < -0.3 is 8.98 Å². The molecule has 0 unspecified atom stereocenters. The first kappa shape index (κ1) is 36.8. The number of aromatic nitrogens is 1. The van der Waals surface area contributed by atoms with Crippen molar-refractivity contribution in [3.05, 3.63) is 249 Å². The van der Waals surface area contributed by atoms with Crippen molar-refractivity contribution >= 4 is 72.6 Å². The molecular formula is C60H41NOSi. The van der Waals surface area contributed by atoms with Crippen LogP contribution in [0.2, 0.25) is 0 Å². The Morgan fingerprint density at radius 1 is 0.302 bits per heavy atom. The van der Waals surface area contributed by atoms with E-state index in [2.05, 4.69) is 253 Å². The van der Waals surface area contributed by atoms with Gasteiger partial charge in [0.25, 0.3) is 0 Å². The van der Waals surface area contributed by atoms with Crippen LogP contribution in [0.5, 0.6) is 0 Å². The minimum Gasteiger partial charge on any atom is -0.456 e. The average Bonchev–Trinajstić information content (AvgIpc) is 3.89. The van der Waals surface area contributed by atoms with Crippen LogP contribution in [-0.2, 0) is 0 Å². The fourth-order valence-electron chi connectivity index (χ4n) is 10.2. The maximum Gasteiger partial charge on any atom is 0.179 e. The van der Waals surface area contributed by atoms with Gasteiger partial charge >= 0.3 is 0 Å². The number of nitrogens with zero attached hydrogens (tertiary/aromatic N) is 1. The van der Waals surface area contributed by atoms with Gasteiger partial charge in [0.1, 0.15) is 11.2 Å². The molecule has 2 nitrogen and oxygen atoms in total. The van der Waals surface area contributed by atoms with E-state index in [0.717, 1.165) is 49.8 Å². The van der Waals surface area contributed by atoms with Gasteiger partial charge in [-0.25, -0.2) is 0 Å². The van der Waals surface area contributed by atoms with E-state index in [1.165, 1.54) is 53.8 Å². The molecule has 0 saturated carbocycles. The molecule has 0 saturated heterocycles. The van der Waals surface area contributed by atoms with Crippen molar-refractivity contribution in [3.8, 4) is 39.1 Å². The highest BCUT2D eigenvalue weighted by atomic mass is 28.3. The van der Waals surface area contributed by atoms with E-state index in [9.17, 15) is 0 Å². The van der Waals surface area contributed by atoms with Crippen LogP contribution in [0.25, 0.3) is 82.8 Å². The number of hydrogen-bond donors (Lipinski definition) is 0. The van der Waals surface area contributed by atoms with Crippen LogP contribution >= 0.6 is 0 Å². The third kappa shape index (κ3) is 5.93. The second kappa shape index (κ2) is 15.2. The van der Waals surface area contributed by atoms with Crippen molar-refractivity contribution in [1.29, 1.82) is 0 Å². The molecule has 296 valence electrons. The molecule has 10 aromatic carbocycles. The number of benzene rings is 10. The molecule has 0 radical (unpaired) electrons. The molecule has 0 spiro atoms. The van der Waals surface area contributed by atoms with Gasteiger partial charge in [0.2, 0.25) is 0 Å². The zero-order chi connectivity index (χ0) is 41.7.